The Balaban J connectivity index is 2.26. The van der Waals surface area contributed by atoms with Crippen molar-refractivity contribution >= 4 is 28.6 Å². The number of aromatic nitrogens is 2. The summed E-state index contributed by atoms with van der Waals surface area (Å²) in [5.74, 6) is 0.483. The molecule has 2 aromatic rings. The van der Waals surface area contributed by atoms with Crippen LogP contribution >= 0.6 is 11.6 Å². The third kappa shape index (κ3) is 4.07. The largest absolute Gasteiger partial charge is 0.444 e. The van der Waals surface area contributed by atoms with Gasteiger partial charge in [0, 0.05) is 5.39 Å². The molecule has 0 aliphatic rings. The van der Waals surface area contributed by atoms with Crippen molar-refractivity contribution in [2.75, 3.05) is 0 Å². The van der Waals surface area contributed by atoms with E-state index in [1.165, 1.54) is 0 Å². The van der Waals surface area contributed by atoms with Gasteiger partial charge >= 0.3 is 6.09 Å². The van der Waals surface area contributed by atoms with Crippen molar-refractivity contribution in [3.8, 4) is 0 Å². The number of carbonyl (C=O) groups excluding carboxylic acids is 1. The molecule has 0 aliphatic heterocycles. The number of nitrogens with one attached hydrogen (secondary N) is 1. The van der Waals surface area contributed by atoms with Gasteiger partial charge in [0.15, 0.2) is 5.82 Å². The van der Waals surface area contributed by atoms with E-state index < -0.39 is 11.7 Å². The van der Waals surface area contributed by atoms with E-state index in [2.05, 4.69) is 15.3 Å². The third-order valence-corrected chi connectivity index (χ3v) is 3.27. The molecule has 0 fully saturated rings. The second-order valence-electron chi connectivity index (χ2n) is 6.00. The first kappa shape index (κ1) is 16.5. The molecule has 0 saturated heterocycles. The van der Waals surface area contributed by atoms with Gasteiger partial charge in [-0.15, -0.1) is 0 Å². The van der Waals surface area contributed by atoms with Crippen LogP contribution in [-0.4, -0.2) is 21.7 Å². The van der Waals surface area contributed by atoms with Crippen LogP contribution in [0.1, 0.15) is 46.0 Å². The fourth-order valence-electron chi connectivity index (χ4n) is 2.01. The molecule has 22 heavy (non-hydrogen) atoms. The normalized spacial score (nSPS) is 13.0. The molecule has 1 amide bonds. The summed E-state index contributed by atoms with van der Waals surface area (Å²) in [4.78, 5) is 20.7. The van der Waals surface area contributed by atoms with Crippen molar-refractivity contribution in [2.24, 2.45) is 0 Å². The van der Waals surface area contributed by atoms with Gasteiger partial charge in [-0.2, -0.15) is 0 Å². The summed E-state index contributed by atoms with van der Waals surface area (Å²) in [6.07, 6.45) is 0.140. The van der Waals surface area contributed by atoms with Crippen LogP contribution in [0.25, 0.3) is 10.9 Å². The number of benzene rings is 1. The highest BCUT2D eigenvalue weighted by Gasteiger charge is 2.22. The fraction of sp³-hybridized carbons (Fsp3) is 0.438. The second kappa shape index (κ2) is 6.48. The highest BCUT2D eigenvalue weighted by Crippen LogP contribution is 2.23. The number of fused-ring (bicyclic) bond motifs is 1. The van der Waals surface area contributed by atoms with Gasteiger partial charge in [0.05, 0.1) is 11.6 Å². The molecule has 1 N–H and O–H groups in total. The number of carbonyl (C=O) groups is 1. The highest BCUT2D eigenvalue weighted by molar-refractivity contribution is 6.34. The number of ether oxygens (including phenoxy) is 1. The Bertz CT molecular complexity index is 683. The zero-order chi connectivity index (χ0) is 16.3. The zero-order valence-electron chi connectivity index (χ0n) is 13.2. The molecule has 1 heterocycles. The topological polar surface area (TPSA) is 64.1 Å². The van der Waals surface area contributed by atoms with Crippen LogP contribution in [0.2, 0.25) is 5.15 Å². The average Bonchev–Trinajstić information content (AvgIpc) is 2.43. The van der Waals surface area contributed by atoms with Crippen molar-refractivity contribution in [3.63, 3.8) is 0 Å². The van der Waals surface area contributed by atoms with E-state index in [0.29, 0.717) is 17.4 Å². The van der Waals surface area contributed by atoms with E-state index in [4.69, 9.17) is 16.3 Å². The van der Waals surface area contributed by atoms with Gasteiger partial charge in [-0.05, 0) is 39.3 Å². The third-order valence-electron chi connectivity index (χ3n) is 2.98. The van der Waals surface area contributed by atoms with Crippen LogP contribution in [0, 0.1) is 0 Å². The van der Waals surface area contributed by atoms with E-state index in [0.717, 1.165) is 10.9 Å². The van der Waals surface area contributed by atoms with Crippen LogP contribution in [0.15, 0.2) is 24.3 Å². The van der Waals surface area contributed by atoms with Crippen LogP contribution in [0.5, 0.6) is 0 Å². The Labute approximate surface area is 135 Å². The van der Waals surface area contributed by atoms with Gasteiger partial charge in [0.1, 0.15) is 10.8 Å². The highest BCUT2D eigenvalue weighted by atomic mass is 35.5. The number of hydrogen-bond acceptors (Lipinski definition) is 4. The summed E-state index contributed by atoms with van der Waals surface area (Å²) in [7, 11) is 0. The minimum absolute atomic E-state index is 0.350. The predicted molar refractivity (Wildman–Crippen MR) is 86.9 cm³/mol. The van der Waals surface area contributed by atoms with Crippen LogP contribution < -0.4 is 5.32 Å². The van der Waals surface area contributed by atoms with Crippen LogP contribution in [-0.2, 0) is 4.74 Å². The smallest absolute Gasteiger partial charge is 0.408 e. The zero-order valence-corrected chi connectivity index (χ0v) is 13.9. The van der Waals surface area contributed by atoms with Crippen LogP contribution in [0.3, 0.4) is 0 Å². The second-order valence-corrected chi connectivity index (χ2v) is 6.35. The Morgan fingerprint density at radius 1 is 1.32 bits per heavy atom. The first-order valence-electron chi connectivity index (χ1n) is 7.22. The van der Waals surface area contributed by atoms with E-state index >= 15 is 0 Å². The molecular weight excluding hydrogens is 302 g/mol. The quantitative estimate of drug-likeness (QED) is 0.858. The minimum atomic E-state index is -0.551. The SMILES string of the molecule is CC[C@H](NC(=O)OC(C)(C)C)c1nc(Cl)c2ccccc2n1. The Hall–Kier alpha value is -1.88. The van der Waals surface area contributed by atoms with Gasteiger partial charge in [0.2, 0.25) is 0 Å². The maximum absolute atomic E-state index is 11.9. The average molecular weight is 322 g/mol. The van der Waals surface area contributed by atoms with Gasteiger partial charge < -0.3 is 10.1 Å². The number of rotatable bonds is 3. The maximum atomic E-state index is 11.9. The molecule has 0 radical (unpaired) electrons. The molecule has 0 unspecified atom stereocenters. The molecule has 118 valence electrons. The number of nitrogens with zero attached hydrogens (tertiary/aromatic N) is 2. The molecule has 1 atom stereocenters. The van der Waals surface area contributed by atoms with Crippen molar-refractivity contribution in [2.45, 2.75) is 45.8 Å². The standard InChI is InChI=1S/C16H20ClN3O2/c1-5-11(19-15(21)22-16(2,3)4)14-18-12-9-7-6-8-10(12)13(17)20-14/h6-9,11H,5H2,1-4H3,(H,19,21)/t11-/m0/s1. The summed E-state index contributed by atoms with van der Waals surface area (Å²) in [5, 5.41) is 3.96. The lowest BCUT2D eigenvalue weighted by molar-refractivity contribution is 0.0500. The fourth-order valence-corrected chi connectivity index (χ4v) is 2.26. The molecule has 6 heteroatoms. The molecule has 0 spiro atoms. The van der Waals surface area contributed by atoms with E-state index in [9.17, 15) is 4.79 Å². The summed E-state index contributed by atoms with van der Waals surface area (Å²) in [6.45, 7) is 7.39. The van der Waals surface area contributed by atoms with E-state index in [1.54, 1.807) is 0 Å². The minimum Gasteiger partial charge on any atom is -0.444 e. The Kier molecular flexibility index (Phi) is 4.86. The van der Waals surface area contributed by atoms with Crippen molar-refractivity contribution in [1.29, 1.82) is 0 Å². The lowest BCUT2D eigenvalue weighted by Gasteiger charge is -2.22. The van der Waals surface area contributed by atoms with Gasteiger partial charge in [-0.3, -0.25) is 0 Å². The number of amides is 1. The predicted octanol–water partition coefficient (Wildman–Crippen LogP) is 4.26. The number of hydrogen-bond donors (Lipinski definition) is 1. The summed E-state index contributed by atoms with van der Waals surface area (Å²) in [5.41, 5.74) is 0.200. The van der Waals surface area contributed by atoms with Crippen molar-refractivity contribution < 1.29 is 9.53 Å². The number of halogens is 1. The molecule has 1 aromatic carbocycles. The van der Waals surface area contributed by atoms with Crippen molar-refractivity contribution in [1.82, 2.24) is 15.3 Å². The Morgan fingerprint density at radius 2 is 2.00 bits per heavy atom. The number of para-hydroxylation sites is 1. The van der Waals surface area contributed by atoms with Crippen molar-refractivity contribution in [3.05, 3.63) is 35.2 Å². The van der Waals surface area contributed by atoms with Crippen LogP contribution in [0.4, 0.5) is 4.79 Å². The number of alkyl carbamates (subject to hydrolysis) is 1. The molecule has 0 aliphatic carbocycles. The van der Waals surface area contributed by atoms with Gasteiger partial charge in [-0.25, -0.2) is 14.8 Å². The molecule has 2 rings (SSSR count). The lowest BCUT2D eigenvalue weighted by atomic mass is 10.2. The van der Waals surface area contributed by atoms with E-state index in [-0.39, 0.29) is 6.04 Å². The van der Waals surface area contributed by atoms with Gasteiger partial charge in [-0.1, -0.05) is 30.7 Å². The summed E-state index contributed by atoms with van der Waals surface area (Å²) >= 11 is 6.21. The molecule has 0 bridgehead atoms. The molecule has 1 aromatic heterocycles. The Morgan fingerprint density at radius 3 is 2.64 bits per heavy atom. The maximum Gasteiger partial charge on any atom is 0.408 e. The monoisotopic (exact) mass is 321 g/mol. The molecule has 5 nitrogen and oxygen atoms in total. The molecule has 0 saturated carbocycles. The lowest BCUT2D eigenvalue weighted by Crippen LogP contribution is -2.35. The van der Waals surface area contributed by atoms with E-state index in [1.807, 2.05) is 52.0 Å². The first-order chi connectivity index (χ1) is 10.3. The summed E-state index contributed by atoms with van der Waals surface area (Å²) < 4.78 is 5.27. The molecular formula is C16H20ClN3O2. The summed E-state index contributed by atoms with van der Waals surface area (Å²) in [6, 6.07) is 7.15. The first-order valence-corrected chi connectivity index (χ1v) is 7.59. The van der Waals surface area contributed by atoms with Gasteiger partial charge in [0.25, 0.3) is 0 Å².